The lowest BCUT2D eigenvalue weighted by molar-refractivity contribution is -0.135. The molecule has 0 saturated carbocycles. The van der Waals surface area contributed by atoms with Crippen molar-refractivity contribution in [3.05, 3.63) is 65.2 Å². The number of anilines is 1. The summed E-state index contributed by atoms with van der Waals surface area (Å²) in [5, 5.41) is 12.0. The number of carbonyl (C=O) groups excluding carboxylic acids is 2. The Morgan fingerprint density at radius 3 is 2.43 bits per heavy atom. The predicted molar refractivity (Wildman–Crippen MR) is 79.9 cm³/mol. The molecule has 0 bridgehead atoms. The molecular weight excluding hydrogens is 288 g/mol. The van der Waals surface area contributed by atoms with Gasteiger partial charge in [-0.2, -0.15) is 5.26 Å². The number of rotatable bonds is 4. The molecule has 21 heavy (non-hydrogen) atoms. The number of Topliss-reactive ketones (excluding diaryl/α,β-unsaturated/α-hetero) is 1. The Morgan fingerprint density at radius 2 is 1.81 bits per heavy atom. The second-order valence-electron chi connectivity index (χ2n) is 4.30. The van der Waals surface area contributed by atoms with Gasteiger partial charge in [0.2, 0.25) is 5.78 Å². The molecule has 0 aliphatic heterocycles. The Morgan fingerprint density at radius 1 is 1.10 bits per heavy atom. The Balaban J connectivity index is 2.15. The minimum atomic E-state index is -1.12. The van der Waals surface area contributed by atoms with Gasteiger partial charge >= 0.3 is 0 Å². The van der Waals surface area contributed by atoms with E-state index in [-0.39, 0.29) is 0 Å². The molecular formula is C16H11ClN2O2. The van der Waals surface area contributed by atoms with Crippen molar-refractivity contribution in [2.45, 2.75) is 5.92 Å². The maximum Gasteiger partial charge on any atom is 0.293 e. The first-order valence-corrected chi connectivity index (χ1v) is 6.55. The van der Waals surface area contributed by atoms with Gasteiger partial charge in [-0.15, -0.1) is 0 Å². The summed E-state index contributed by atoms with van der Waals surface area (Å²) in [6, 6.07) is 16.8. The molecule has 0 aromatic heterocycles. The Kier molecular flexibility index (Phi) is 4.70. The van der Waals surface area contributed by atoms with Gasteiger partial charge < -0.3 is 5.32 Å². The number of hydrogen-bond acceptors (Lipinski definition) is 3. The fourth-order valence-electron chi connectivity index (χ4n) is 1.82. The summed E-state index contributed by atoms with van der Waals surface area (Å²) >= 11 is 5.81. The molecule has 0 radical (unpaired) electrons. The largest absolute Gasteiger partial charge is 0.319 e. The van der Waals surface area contributed by atoms with Crippen LogP contribution in [0.15, 0.2) is 54.6 Å². The van der Waals surface area contributed by atoms with Crippen molar-refractivity contribution in [3.63, 3.8) is 0 Å². The fourth-order valence-corrected chi connectivity index (χ4v) is 2.01. The zero-order chi connectivity index (χ0) is 15.2. The van der Waals surface area contributed by atoms with Crippen LogP contribution >= 0.6 is 11.6 Å². The normalized spacial score (nSPS) is 11.2. The van der Waals surface area contributed by atoms with E-state index in [9.17, 15) is 9.59 Å². The second-order valence-corrected chi connectivity index (χ2v) is 4.74. The van der Waals surface area contributed by atoms with Crippen molar-refractivity contribution in [3.8, 4) is 6.07 Å². The van der Waals surface area contributed by atoms with E-state index >= 15 is 0 Å². The Bertz CT molecular complexity index is 708. The molecule has 0 heterocycles. The van der Waals surface area contributed by atoms with Crippen LogP contribution in [-0.2, 0) is 9.59 Å². The molecule has 0 saturated heterocycles. The van der Waals surface area contributed by atoms with E-state index in [1.807, 2.05) is 6.07 Å². The van der Waals surface area contributed by atoms with Gasteiger partial charge in [-0.1, -0.05) is 48.0 Å². The van der Waals surface area contributed by atoms with Crippen molar-refractivity contribution in [2.24, 2.45) is 0 Å². The van der Waals surface area contributed by atoms with E-state index in [1.54, 1.807) is 48.5 Å². The minimum absolute atomic E-state index is 0.408. The molecule has 5 heteroatoms. The van der Waals surface area contributed by atoms with Gasteiger partial charge in [-0.05, 0) is 23.8 Å². The third-order valence-corrected chi connectivity index (χ3v) is 3.07. The molecule has 0 aliphatic rings. The number of benzene rings is 2. The Hall–Kier alpha value is -2.64. The first-order chi connectivity index (χ1) is 10.1. The van der Waals surface area contributed by atoms with Crippen molar-refractivity contribution in [1.82, 2.24) is 0 Å². The van der Waals surface area contributed by atoms with Crippen LogP contribution in [0.3, 0.4) is 0 Å². The van der Waals surface area contributed by atoms with Crippen molar-refractivity contribution >= 4 is 29.0 Å². The highest BCUT2D eigenvalue weighted by atomic mass is 35.5. The van der Waals surface area contributed by atoms with Crippen LogP contribution in [0.2, 0.25) is 5.02 Å². The molecule has 2 aromatic rings. The maximum absolute atomic E-state index is 12.1. The standard InChI is InChI=1S/C16H11ClN2O2/c17-12-7-4-8-13(9-12)19-16(21)15(20)14(10-18)11-5-2-1-3-6-11/h1-9,14H,(H,19,21)/t14-/m1/s1. The van der Waals surface area contributed by atoms with Crippen LogP contribution < -0.4 is 5.32 Å². The van der Waals surface area contributed by atoms with Crippen LogP contribution in [0.4, 0.5) is 5.69 Å². The topological polar surface area (TPSA) is 70.0 Å². The van der Waals surface area contributed by atoms with Crippen molar-refractivity contribution in [2.75, 3.05) is 5.32 Å². The predicted octanol–water partition coefficient (Wildman–Crippen LogP) is 3.15. The summed E-state index contributed by atoms with van der Waals surface area (Å²) in [7, 11) is 0. The molecule has 1 atom stereocenters. The molecule has 1 N–H and O–H groups in total. The van der Waals surface area contributed by atoms with Crippen molar-refractivity contribution < 1.29 is 9.59 Å². The second kappa shape index (κ2) is 6.69. The van der Waals surface area contributed by atoms with Gasteiger partial charge in [0, 0.05) is 10.7 Å². The molecule has 2 rings (SSSR count). The van der Waals surface area contributed by atoms with Crippen LogP contribution in [0, 0.1) is 11.3 Å². The monoisotopic (exact) mass is 298 g/mol. The van der Waals surface area contributed by atoms with E-state index in [1.165, 1.54) is 6.07 Å². The Labute approximate surface area is 127 Å². The van der Waals surface area contributed by atoms with Crippen LogP contribution in [0.1, 0.15) is 11.5 Å². The van der Waals surface area contributed by atoms with E-state index in [0.717, 1.165) is 0 Å². The summed E-state index contributed by atoms with van der Waals surface area (Å²) in [6.07, 6.45) is 0. The van der Waals surface area contributed by atoms with Gasteiger partial charge in [-0.3, -0.25) is 9.59 Å². The van der Waals surface area contributed by atoms with Gasteiger partial charge in [0.15, 0.2) is 0 Å². The highest BCUT2D eigenvalue weighted by molar-refractivity contribution is 6.43. The van der Waals surface area contributed by atoms with Gasteiger partial charge in [0.1, 0.15) is 5.92 Å². The lowest BCUT2D eigenvalue weighted by atomic mass is 9.96. The molecule has 1 amide bonds. The minimum Gasteiger partial charge on any atom is -0.319 e. The highest BCUT2D eigenvalue weighted by Crippen LogP contribution is 2.18. The first kappa shape index (κ1) is 14.8. The summed E-state index contributed by atoms with van der Waals surface area (Å²) in [6.45, 7) is 0. The number of nitrogens with one attached hydrogen (secondary N) is 1. The number of hydrogen-bond donors (Lipinski definition) is 1. The average Bonchev–Trinajstić information content (AvgIpc) is 2.49. The third-order valence-electron chi connectivity index (χ3n) is 2.83. The van der Waals surface area contributed by atoms with Gasteiger partial charge in [-0.25, -0.2) is 0 Å². The van der Waals surface area contributed by atoms with Gasteiger partial charge in [0.25, 0.3) is 5.91 Å². The SMILES string of the molecule is N#C[C@@H](C(=O)C(=O)Nc1cccc(Cl)c1)c1ccccc1. The molecule has 104 valence electrons. The number of nitrogens with zero attached hydrogens (tertiary/aromatic N) is 1. The zero-order valence-corrected chi connectivity index (χ0v) is 11.7. The number of nitriles is 1. The average molecular weight is 299 g/mol. The molecule has 4 nitrogen and oxygen atoms in total. The van der Waals surface area contributed by atoms with E-state index in [0.29, 0.717) is 16.3 Å². The summed E-state index contributed by atoms with van der Waals surface area (Å²) in [4.78, 5) is 24.0. The van der Waals surface area contributed by atoms with Crippen molar-refractivity contribution in [1.29, 1.82) is 5.26 Å². The smallest absolute Gasteiger partial charge is 0.293 e. The first-order valence-electron chi connectivity index (χ1n) is 6.17. The van der Waals surface area contributed by atoms with Crippen LogP contribution in [0.25, 0.3) is 0 Å². The number of amides is 1. The fraction of sp³-hybridized carbons (Fsp3) is 0.0625. The highest BCUT2D eigenvalue weighted by Gasteiger charge is 2.26. The van der Waals surface area contributed by atoms with E-state index in [2.05, 4.69) is 5.32 Å². The van der Waals surface area contributed by atoms with E-state index in [4.69, 9.17) is 16.9 Å². The quantitative estimate of drug-likeness (QED) is 0.881. The van der Waals surface area contributed by atoms with Crippen LogP contribution in [-0.4, -0.2) is 11.7 Å². The molecule has 0 spiro atoms. The molecule has 0 fully saturated rings. The summed E-state index contributed by atoms with van der Waals surface area (Å²) in [5.74, 6) is -2.76. The number of halogens is 1. The maximum atomic E-state index is 12.1. The molecule has 0 unspecified atom stereocenters. The molecule has 0 aliphatic carbocycles. The summed E-state index contributed by atoms with van der Waals surface area (Å²) in [5.41, 5.74) is 0.900. The third kappa shape index (κ3) is 3.68. The van der Waals surface area contributed by atoms with E-state index < -0.39 is 17.6 Å². The number of ketones is 1. The van der Waals surface area contributed by atoms with Crippen LogP contribution in [0.5, 0.6) is 0 Å². The number of carbonyl (C=O) groups is 2. The summed E-state index contributed by atoms with van der Waals surface area (Å²) < 4.78 is 0. The van der Waals surface area contributed by atoms with Gasteiger partial charge in [0.05, 0.1) is 6.07 Å². The molecule has 2 aromatic carbocycles. The lowest BCUT2D eigenvalue weighted by Crippen LogP contribution is -2.27. The zero-order valence-electron chi connectivity index (χ0n) is 10.9. The lowest BCUT2D eigenvalue weighted by Gasteiger charge is -2.09.